The summed E-state index contributed by atoms with van der Waals surface area (Å²) >= 11 is 1.70. The molecule has 0 N–H and O–H groups in total. The molecule has 0 radical (unpaired) electrons. The van der Waals surface area contributed by atoms with Crippen molar-refractivity contribution in [2.75, 3.05) is 0 Å². The standard InChI is InChI=1S/C16H14F2N6S/c1-8-2-3-9-11(6-8)25-15-12(9)14-21-13(22-23(14)7-19-15)10-4-5-20-24(10)16(17)18/h4-5,7-8,16H,2-3,6H2,1H3/t8-/m0/s1. The van der Waals surface area contributed by atoms with Gasteiger partial charge < -0.3 is 0 Å². The summed E-state index contributed by atoms with van der Waals surface area (Å²) in [5, 5.41) is 9.01. The number of halogens is 2. The minimum absolute atomic E-state index is 0.199. The van der Waals surface area contributed by atoms with Gasteiger partial charge in [0, 0.05) is 11.1 Å². The van der Waals surface area contributed by atoms with Crippen LogP contribution in [0.1, 0.15) is 30.3 Å². The molecule has 128 valence electrons. The number of hydrogen-bond acceptors (Lipinski definition) is 5. The van der Waals surface area contributed by atoms with Crippen LogP contribution in [0.15, 0.2) is 18.6 Å². The second-order valence-electron chi connectivity index (χ2n) is 6.42. The predicted octanol–water partition coefficient (Wildman–Crippen LogP) is 3.72. The van der Waals surface area contributed by atoms with Crippen LogP contribution in [0.4, 0.5) is 8.78 Å². The van der Waals surface area contributed by atoms with Crippen LogP contribution < -0.4 is 0 Å². The zero-order chi connectivity index (χ0) is 17.1. The molecule has 0 bridgehead atoms. The van der Waals surface area contributed by atoms with Crippen molar-refractivity contribution < 1.29 is 8.78 Å². The van der Waals surface area contributed by atoms with E-state index in [0.29, 0.717) is 16.2 Å². The Balaban J connectivity index is 1.74. The summed E-state index contributed by atoms with van der Waals surface area (Å²) in [6, 6.07) is 1.50. The van der Waals surface area contributed by atoms with E-state index in [1.54, 1.807) is 22.2 Å². The molecule has 4 aromatic heterocycles. The van der Waals surface area contributed by atoms with Gasteiger partial charge in [0.2, 0.25) is 5.82 Å². The second-order valence-corrected chi connectivity index (χ2v) is 7.50. The number of nitrogens with zero attached hydrogens (tertiary/aromatic N) is 6. The molecule has 9 heteroatoms. The van der Waals surface area contributed by atoms with Gasteiger partial charge in [-0.2, -0.15) is 13.9 Å². The van der Waals surface area contributed by atoms with Crippen LogP contribution in [0.5, 0.6) is 0 Å². The zero-order valence-corrected chi connectivity index (χ0v) is 14.2. The van der Waals surface area contributed by atoms with Gasteiger partial charge >= 0.3 is 6.55 Å². The third-order valence-corrected chi connectivity index (χ3v) is 5.88. The number of aromatic nitrogens is 6. The Hall–Kier alpha value is -2.42. The highest BCUT2D eigenvalue weighted by Crippen LogP contribution is 2.38. The van der Waals surface area contributed by atoms with Gasteiger partial charge in [-0.1, -0.05) is 6.92 Å². The molecule has 0 spiro atoms. The minimum atomic E-state index is -2.73. The van der Waals surface area contributed by atoms with Crippen LogP contribution in [0, 0.1) is 5.92 Å². The molecule has 1 aliphatic carbocycles. The van der Waals surface area contributed by atoms with Crippen LogP contribution in [0.2, 0.25) is 0 Å². The lowest BCUT2D eigenvalue weighted by molar-refractivity contribution is 0.0583. The summed E-state index contributed by atoms with van der Waals surface area (Å²) in [5.41, 5.74) is 2.16. The van der Waals surface area contributed by atoms with Gasteiger partial charge in [0.25, 0.3) is 0 Å². The Bertz CT molecular complexity index is 1100. The van der Waals surface area contributed by atoms with Crippen LogP contribution in [-0.4, -0.2) is 29.4 Å². The highest BCUT2D eigenvalue weighted by molar-refractivity contribution is 7.19. The molecule has 4 heterocycles. The first-order valence-corrected chi connectivity index (χ1v) is 8.91. The van der Waals surface area contributed by atoms with Crippen LogP contribution in [-0.2, 0) is 12.8 Å². The van der Waals surface area contributed by atoms with Gasteiger partial charge in [0.15, 0.2) is 5.65 Å². The van der Waals surface area contributed by atoms with Gasteiger partial charge in [0.1, 0.15) is 16.9 Å². The van der Waals surface area contributed by atoms with Crippen molar-refractivity contribution >= 4 is 27.2 Å². The van der Waals surface area contributed by atoms with Gasteiger partial charge in [-0.05, 0) is 36.8 Å². The van der Waals surface area contributed by atoms with E-state index in [1.807, 2.05) is 0 Å². The molecule has 6 nitrogen and oxygen atoms in total. The van der Waals surface area contributed by atoms with Crippen molar-refractivity contribution in [1.29, 1.82) is 0 Å². The van der Waals surface area contributed by atoms with Gasteiger partial charge in [-0.25, -0.2) is 19.2 Å². The third-order valence-electron chi connectivity index (χ3n) is 4.72. The smallest absolute Gasteiger partial charge is 0.225 e. The van der Waals surface area contributed by atoms with Crippen molar-refractivity contribution in [3.8, 4) is 11.5 Å². The average molecular weight is 360 g/mol. The van der Waals surface area contributed by atoms with Crippen LogP contribution in [0.25, 0.3) is 27.4 Å². The fourth-order valence-corrected chi connectivity index (χ4v) is 4.84. The Morgan fingerprint density at radius 2 is 2.24 bits per heavy atom. The van der Waals surface area contributed by atoms with E-state index in [0.717, 1.165) is 29.5 Å². The lowest BCUT2D eigenvalue weighted by Gasteiger charge is -2.17. The van der Waals surface area contributed by atoms with Crippen molar-refractivity contribution in [3.05, 3.63) is 29.0 Å². The summed E-state index contributed by atoms with van der Waals surface area (Å²) in [6.45, 7) is -0.470. The summed E-state index contributed by atoms with van der Waals surface area (Å²) in [4.78, 5) is 11.3. The van der Waals surface area contributed by atoms with Crippen molar-refractivity contribution in [2.45, 2.75) is 32.7 Å². The highest BCUT2D eigenvalue weighted by atomic mass is 32.1. The van der Waals surface area contributed by atoms with Crippen molar-refractivity contribution in [2.24, 2.45) is 5.92 Å². The normalized spacial score (nSPS) is 17.7. The SMILES string of the molecule is C[C@H]1CCc2c(sc3ncn4nc(-c5ccnn5C(F)F)nc4c23)C1. The van der Waals surface area contributed by atoms with Crippen LogP contribution >= 0.6 is 11.3 Å². The summed E-state index contributed by atoms with van der Waals surface area (Å²) in [7, 11) is 0. The molecule has 4 aromatic rings. The van der Waals surface area contributed by atoms with E-state index in [9.17, 15) is 8.78 Å². The maximum absolute atomic E-state index is 13.1. The minimum Gasteiger partial charge on any atom is -0.225 e. The average Bonchev–Trinajstić information content (AvgIpc) is 3.28. The summed E-state index contributed by atoms with van der Waals surface area (Å²) in [6.07, 6.45) is 6.12. The molecule has 0 saturated heterocycles. The molecular formula is C16H14F2N6S. The molecule has 1 aliphatic rings. The quantitative estimate of drug-likeness (QED) is 0.547. The maximum Gasteiger partial charge on any atom is 0.333 e. The van der Waals surface area contributed by atoms with E-state index in [1.165, 1.54) is 22.7 Å². The molecule has 1 atom stereocenters. The first-order chi connectivity index (χ1) is 12.1. The lowest BCUT2D eigenvalue weighted by atomic mass is 9.89. The van der Waals surface area contributed by atoms with E-state index < -0.39 is 6.55 Å². The lowest BCUT2D eigenvalue weighted by Crippen LogP contribution is -2.08. The Morgan fingerprint density at radius 1 is 1.36 bits per heavy atom. The Labute approximate surface area is 145 Å². The predicted molar refractivity (Wildman–Crippen MR) is 89.8 cm³/mol. The van der Waals surface area contributed by atoms with Gasteiger partial charge in [-0.3, -0.25) is 0 Å². The van der Waals surface area contributed by atoms with Crippen molar-refractivity contribution in [3.63, 3.8) is 0 Å². The maximum atomic E-state index is 13.1. The van der Waals surface area contributed by atoms with Gasteiger partial charge in [-0.15, -0.1) is 16.4 Å². The second kappa shape index (κ2) is 5.29. The third kappa shape index (κ3) is 2.18. The molecule has 0 fully saturated rings. The number of alkyl halides is 2. The summed E-state index contributed by atoms with van der Waals surface area (Å²) in [5.74, 6) is 0.904. The Kier molecular flexibility index (Phi) is 3.15. The first kappa shape index (κ1) is 14.9. The number of aryl methyl sites for hydroxylation is 1. The Morgan fingerprint density at radius 3 is 3.08 bits per heavy atom. The first-order valence-electron chi connectivity index (χ1n) is 8.09. The number of rotatable bonds is 2. The van der Waals surface area contributed by atoms with E-state index in [4.69, 9.17) is 0 Å². The molecule has 0 saturated carbocycles. The molecule has 0 unspecified atom stereocenters. The molecule has 0 aromatic carbocycles. The molecular weight excluding hydrogens is 346 g/mol. The van der Waals surface area contributed by atoms with E-state index in [2.05, 4.69) is 27.1 Å². The van der Waals surface area contributed by atoms with E-state index >= 15 is 0 Å². The monoisotopic (exact) mass is 360 g/mol. The highest BCUT2D eigenvalue weighted by Gasteiger charge is 2.24. The largest absolute Gasteiger partial charge is 0.333 e. The van der Waals surface area contributed by atoms with Gasteiger partial charge in [0.05, 0.1) is 5.39 Å². The molecule has 25 heavy (non-hydrogen) atoms. The topological polar surface area (TPSA) is 60.9 Å². The molecule has 0 amide bonds. The number of fused-ring (bicyclic) bond motifs is 5. The number of thiophene rings is 1. The summed E-state index contributed by atoms with van der Waals surface area (Å²) < 4.78 is 28.4. The fourth-order valence-electron chi connectivity index (χ4n) is 3.49. The fraction of sp³-hybridized carbons (Fsp3) is 0.375. The van der Waals surface area contributed by atoms with Crippen molar-refractivity contribution in [1.82, 2.24) is 29.4 Å². The molecule has 0 aliphatic heterocycles. The number of hydrogen-bond donors (Lipinski definition) is 0. The molecule has 5 rings (SSSR count). The van der Waals surface area contributed by atoms with Crippen LogP contribution in [0.3, 0.4) is 0 Å². The zero-order valence-electron chi connectivity index (χ0n) is 13.4. The van der Waals surface area contributed by atoms with E-state index in [-0.39, 0.29) is 11.5 Å².